The number of rotatable bonds is 6. The molecular formula is C19H18ClN3O2S. The molecule has 7 heteroatoms. The Morgan fingerprint density at radius 2 is 1.92 bits per heavy atom. The number of fused-ring (bicyclic) bond motifs is 1. The maximum atomic E-state index is 13.0. The SMILES string of the molecule is CCCNC(=O)CSc1nc2ccccc2c(=O)n1-c1ccc(Cl)cc1. The van der Waals surface area contributed by atoms with Gasteiger partial charge in [0.25, 0.3) is 5.56 Å². The maximum absolute atomic E-state index is 13.0. The van der Waals surface area contributed by atoms with Crippen LogP contribution in [0.15, 0.2) is 58.5 Å². The van der Waals surface area contributed by atoms with Crippen LogP contribution >= 0.6 is 23.4 Å². The number of benzene rings is 2. The van der Waals surface area contributed by atoms with Gasteiger partial charge in [0.05, 0.1) is 22.3 Å². The van der Waals surface area contributed by atoms with Gasteiger partial charge >= 0.3 is 0 Å². The lowest BCUT2D eigenvalue weighted by Gasteiger charge is -2.13. The molecule has 134 valence electrons. The molecule has 1 amide bonds. The minimum absolute atomic E-state index is 0.0816. The van der Waals surface area contributed by atoms with Crippen LogP contribution in [-0.2, 0) is 4.79 Å². The highest BCUT2D eigenvalue weighted by molar-refractivity contribution is 7.99. The predicted molar refractivity (Wildman–Crippen MR) is 106 cm³/mol. The standard InChI is InChI=1S/C19H18ClN3O2S/c1-2-11-21-17(24)12-26-19-22-16-6-4-3-5-15(16)18(25)23(19)14-9-7-13(20)8-10-14/h3-10H,2,11-12H2,1H3,(H,21,24). The van der Waals surface area contributed by atoms with E-state index in [0.29, 0.717) is 33.3 Å². The first kappa shape index (κ1) is 18.5. The second-order valence-corrected chi connectivity index (χ2v) is 7.05. The molecule has 0 radical (unpaired) electrons. The van der Waals surface area contributed by atoms with Crippen LogP contribution in [0.1, 0.15) is 13.3 Å². The minimum Gasteiger partial charge on any atom is -0.355 e. The smallest absolute Gasteiger partial charge is 0.266 e. The third-order valence-corrected chi connectivity index (χ3v) is 4.92. The van der Waals surface area contributed by atoms with E-state index in [4.69, 9.17) is 11.6 Å². The fourth-order valence-electron chi connectivity index (χ4n) is 2.47. The van der Waals surface area contributed by atoms with Crippen LogP contribution in [0.2, 0.25) is 5.02 Å². The van der Waals surface area contributed by atoms with E-state index in [-0.39, 0.29) is 17.2 Å². The first-order valence-corrected chi connectivity index (χ1v) is 9.63. The van der Waals surface area contributed by atoms with Crippen LogP contribution in [-0.4, -0.2) is 27.8 Å². The summed E-state index contributed by atoms with van der Waals surface area (Å²) in [6.07, 6.45) is 0.875. The molecule has 1 N–H and O–H groups in total. The molecule has 0 saturated carbocycles. The van der Waals surface area contributed by atoms with Gasteiger partial charge in [-0.3, -0.25) is 14.2 Å². The number of hydrogen-bond donors (Lipinski definition) is 1. The van der Waals surface area contributed by atoms with Gasteiger partial charge in [-0.25, -0.2) is 4.98 Å². The Kier molecular flexibility index (Phi) is 5.96. The zero-order valence-electron chi connectivity index (χ0n) is 14.2. The van der Waals surface area contributed by atoms with Crippen molar-refractivity contribution < 1.29 is 4.79 Å². The monoisotopic (exact) mass is 387 g/mol. The third kappa shape index (κ3) is 4.08. The van der Waals surface area contributed by atoms with Gasteiger partial charge < -0.3 is 5.32 Å². The summed E-state index contributed by atoms with van der Waals surface area (Å²) in [5.74, 6) is 0.111. The number of amides is 1. The van der Waals surface area contributed by atoms with Crippen molar-refractivity contribution in [2.45, 2.75) is 18.5 Å². The molecule has 1 heterocycles. The number of aromatic nitrogens is 2. The Morgan fingerprint density at radius 3 is 2.65 bits per heavy atom. The molecule has 0 spiro atoms. The molecule has 0 aliphatic heterocycles. The summed E-state index contributed by atoms with van der Waals surface area (Å²) < 4.78 is 1.52. The number of para-hydroxylation sites is 1. The first-order chi connectivity index (χ1) is 12.6. The number of nitrogens with zero attached hydrogens (tertiary/aromatic N) is 2. The molecule has 0 fully saturated rings. The molecule has 2 aromatic carbocycles. The van der Waals surface area contributed by atoms with E-state index in [1.165, 1.54) is 16.3 Å². The van der Waals surface area contributed by atoms with Gasteiger partial charge in [-0.15, -0.1) is 0 Å². The zero-order valence-corrected chi connectivity index (χ0v) is 15.8. The Bertz CT molecular complexity index is 986. The molecule has 0 bridgehead atoms. The summed E-state index contributed by atoms with van der Waals surface area (Å²) in [6, 6.07) is 14.2. The molecule has 0 aliphatic rings. The predicted octanol–water partition coefficient (Wildman–Crippen LogP) is 3.66. The van der Waals surface area contributed by atoms with E-state index in [1.54, 1.807) is 36.4 Å². The van der Waals surface area contributed by atoms with E-state index in [2.05, 4.69) is 10.3 Å². The largest absolute Gasteiger partial charge is 0.355 e. The average Bonchev–Trinajstić information content (AvgIpc) is 2.66. The van der Waals surface area contributed by atoms with Crippen molar-refractivity contribution in [2.75, 3.05) is 12.3 Å². The van der Waals surface area contributed by atoms with Crippen molar-refractivity contribution >= 4 is 40.2 Å². The lowest BCUT2D eigenvalue weighted by Crippen LogP contribution is -2.27. The van der Waals surface area contributed by atoms with Gasteiger partial charge in [-0.1, -0.05) is 42.4 Å². The number of carbonyl (C=O) groups is 1. The molecule has 1 aromatic heterocycles. The number of halogens is 1. The van der Waals surface area contributed by atoms with Crippen LogP contribution in [0.5, 0.6) is 0 Å². The maximum Gasteiger partial charge on any atom is 0.266 e. The molecular weight excluding hydrogens is 370 g/mol. The molecule has 0 atom stereocenters. The summed E-state index contributed by atoms with van der Waals surface area (Å²) in [5.41, 5.74) is 1.10. The van der Waals surface area contributed by atoms with Gasteiger partial charge in [-0.2, -0.15) is 0 Å². The highest BCUT2D eigenvalue weighted by Crippen LogP contribution is 2.22. The van der Waals surface area contributed by atoms with Crippen LogP contribution in [0.3, 0.4) is 0 Å². The molecule has 0 unspecified atom stereocenters. The number of nitrogens with one attached hydrogen (secondary N) is 1. The third-order valence-electron chi connectivity index (χ3n) is 3.73. The summed E-state index contributed by atoms with van der Waals surface area (Å²) in [6.45, 7) is 2.63. The summed E-state index contributed by atoms with van der Waals surface area (Å²) in [5, 5.41) is 4.42. The van der Waals surface area contributed by atoms with Crippen LogP contribution in [0.25, 0.3) is 16.6 Å². The normalized spacial score (nSPS) is 10.8. The Balaban J connectivity index is 2.04. The van der Waals surface area contributed by atoms with Gasteiger partial charge in [0.2, 0.25) is 5.91 Å². The zero-order chi connectivity index (χ0) is 18.5. The number of thioether (sulfide) groups is 1. The number of carbonyl (C=O) groups excluding carboxylic acids is 1. The van der Waals surface area contributed by atoms with Crippen molar-refractivity contribution in [2.24, 2.45) is 0 Å². The second-order valence-electron chi connectivity index (χ2n) is 5.67. The molecule has 0 aliphatic carbocycles. The molecule has 5 nitrogen and oxygen atoms in total. The minimum atomic E-state index is -0.172. The van der Waals surface area contributed by atoms with E-state index >= 15 is 0 Å². The molecule has 3 aromatic rings. The Labute approximate surface area is 160 Å². The highest BCUT2D eigenvalue weighted by Gasteiger charge is 2.14. The second kappa shape index (κ2) is 8.38. The van der Waals surface area contributed by atoms with E-state index in [1.807, 2.05) is 19.1 Å². The molecule has 3 rings (SSSR count). The van der Waals surface area contributed by atoms with Crippen molar-refractivity contribution in [1.82, 2.24) is 14.9 Å². The van der Waals surface area contributed by atoms with E-state index in [0.717, 1.165) is 6.42 Å². The van der Waals surface area contributed by atoms with Crippen LogP contribution in [0.4, 0.5) is 0 Å². The Hall–Kier alpha value is -2.31. The fraction of sp³-hybridized carbons (Fsp3) is 0.211. The van der Waals surface area contributed by atoms with Crippen molar-refractivity contribution in [1.29, 1.82) is 0 Å². The average molecular weight is 388 g/mol. The van der Waals surface area contributed by atoms with Gasteiger partial charge in [0.1, 0.15) is 0 Å². The molecule has 26 heavy (non-hydrogen) atoms. The van der Waals surface area contributed by atoms with Crippen LogP contribution < -0.4 is 10.9 Å². The van der Waals surface area contributed by atoms with E-state index < -0.39 is 0 Å². The Morgan fingerprint density at radius 1 is 1.19 bits per heavy atom. The van der Waals surface area contributed by atoms with Crippen molar-refractivity contribution in [3.05, 3.63) is 63.9 Å². The quantitative estimate of drug-likeness (QED) is 0.518. The van der Waals surface area contributed by atoms with Crippen LogP contribution in [0, 0.1) is 0 Å². The number of hydrogen-bond acceptors (Lipinski definition) is 4. The summed E-state index contributed by atoms with van der Waals surface area (Å²) in [4.78, 5) is 29.6. The van der Waals surface area contributed by atoms with Crippen molar-refractivity contribution in [3.8, 4) is 5.69 Å². The topological polar surface area (TPSA) is 64.0 Å². The van der Waals surface area contributed by atoms with Gasteiger partial charge in [0.15, 0.2) is 5.16 Å². The molecule has 0 saturated heterocycles. The lowest BCUT2D eigenvalue weighted by atomic mass is 10.2. The van der Waals surface area contributed by atoms with Crippen molar-refractivity contribution in [3.63, 3.8) is 0 Å². The van der Waals surface area contributed by atoms with E-state index in [9.17, 15) is 9.59 Å². The van der Waals surface area contributed by atoms with Gasteiger partial charge in [0, 0.05) is 11.6 Å². The highest BCUT2D eigenvalue weighted by atomic mass is 35.5. The fourth-order valence-corrected chi connectivity index (χ4v) is 3.44. The lowest BCUT2D eigenvalue weighted by molar-refractivity contribution is -0.118. The van der Waals surface area contributed by atoms with Gasteiger partial charge in [-0.05, 0) is 42.8 Å². The summed E-state index contributed by atoms with van der Waals surface area (Å²) >= 11 is 7.20. The summed E-state index contributed by atoms with van der Waals surface area (Å²) in [7, 11) is 0. The first-order valence-electron chi connectivity index (χ1n) is 8.27.